The van der Waals surface area contributed by atoms with Crippen LogP contribution in [0.5, 0.6) is 0 Å². The van der Waals surface area contributed by atoms with Crippen LogP contribution in [0.2, 0.25) is 0 Å². The third-order valence-corrected chi connectivity index (χ3v) is 3.73. The average molecular weight is 217 g/mol. The van der Waals surface area contributed by atoms with Crippen LogP contribution in [0.1, 0.15) is 52.9 Å². The van der Waals surface area contributed by atoms with Crippen LogP contribution in [0.25, 0.3) is 0 Å². The van der Waals surface area contributed by atoms with E-state index < -0.39 is 0 Å². The van der Waals surface area contributed by atoms with Crippen molar-refractivity contribution in [3.8, 4) is 0 Å². The first-order valence-electron chi connectivity index (χ1n) is 5.96. The minimum absolute atomic E-state index is 0.704. The molecule has 0 saturated heterocycles. The third kappa shape index (κ3) is 8.89. The van der Waals surface area contributed by atoms with Gasteiger partial charge in [0.2, 0.25) is 0 Å². The first-order chi connectivity index (χ1) is 6.70. The van der Waals surface area contributed by atoms with Crippen molar-refractivity contribution in [1.29, 1.82) is 0 Å². The normalized spacial score (nSPS) is 15.4. The van der Waals surface area contributed by atoms with Gasteiger partial charge in [0.25, 0.3) is 0 Å². The second-order valence-electron chi connectivity index (χ2n) is 4.19. The molecule has 2 unspecified atom stereocenters. The monoisotopic (exact) mass is 217 g/mol. The summed E-state index contributed by atoms with van der Waals surface area (Å²) in [7, 11) is 0. The summed E-state index contributed by atoms with van der Waals surface area (Å²) < 4.78 is 0. The molecule has 0 aromatic rings. The molecule has 0 aliphatic rings. The molecule has 2 heteroatoms. The van der Waals surface area contributed by atoms with E-state index in [0.29, 0.717) is 6.04 Å². The van der Waals surface area contributed by atoms with Gasteiger partial charge in [0.15, 0.2) is 0 Å². The number of hydrogen-bond donors (Lipinski definition) is 1. The predicted molar refractivity (Wildman–Crippen MR) is 69.2 cm³/mol. The van der Waals surface area contributed by atoms with Crippen LogP contribution in [0.3, 0.4) is 0 Å². The molecular weight excluding hydrogens is 190 g/mol. The number of thioether (sulfide) groups is 1. The zero-order valence-corrected chi connectivity index (χ0v) is 11.1. The highest BCUT2D eigenvalue weighted by atomic mass is 32.2. The lowest BCUT2D eigenvalue weighted by Crippen LogP contribution is -2.28. The van der Waals surface area contributed by atoms with Gasteiger partial charge in [0.1, 0.15) is 0 Å². The molecule has 1 N–H and O–H groups in total. The zero-order chi connectivity index (χ0) is 10.8. The van der Waals surface area contributed by atoms with E-state index in [1.54, 1.807) is 0 Å². The van der Waals surface area contributed by atoms with Crippen molar-refractivity contribution in [3.63, 3.8) is 0 Å². The maximum atomic E-state index is 3.59. The Kier molecular flexibility index (Phi) is 10.1. The molecule has 86 valence electrons. The molecule has 14 heavy (non-hydrogen) atoms. The van der Waals surface area contributed by atoms with Gasteiger partial charge in [-0.2, -0.15) is 11.8 Å². The molecule has 0 rings (SSSR count). The van der Waals surface area contributed by atoms with E-state index in [4.69, 9.17) is 0 Å². The van der Waals surface area contributed by atoms with Crippen molar-refractivity contribution in [2.24, 2.45) is 0 Å². The number of rotatable bonds is 9. The Balaban J connectivity index is 3.21. The topological polar surface area (TPSA) is 12.0 Å². The molecule has 0 bridgehead atoms. The summed E-state index contributed by atoms with van der Waals surface area (Å²) in [6, 6.07) is 0.704. The Morgan fingerprint density at radius 1 is 1.14 bits per heavy atom. The lowest BCUT2D eigenvalue weighted by molar-refractivity contribution is 0.482. The van der Waals surface area contributed by atoms with Crippen LogP contribution < -0.4 is 5.32 Å². The van der Waals surface area contributed by atoms with Crippen LogP contribution in [-0.4, -0.2) is 24.1 Å². The lowest BCUT2D eigenvalue weighted by Gasteiger charge is -2.15. The molecule has 0 amide bonds. The highest BCUT2D eigenvalue weighted by Gasteiger charge is 2.02. The van der Waals surface area contributed by atoms with Crippen molar-refractivity contribution in [1.82, 2.24) is 5.32 Å². The van der Waals surface area contributed by atoms with Gasteiger partial charge >= 0.3 is 0 Å². The highest BCUT2D eigenvalue weighted by Crippen LogP contribution is 2.09. The van der Waals surface area contributed by atoms with Crippen LogP contribution in [-0.2, 0) is 0 Å². The van der Waals surface area contributed by atoms with E-state index in [1.807, 2.05) is 11.8 Å². The van der Waals surface area contributed by atoms with Gasteiger partial charge in [-0.05, 0) is 32.6 Å². The van der Waals surface area contributed by atoms with Gasteiger partial charge in [-0.25, -0.2) is 0 Å². The molecule has 0 aliphatic heterocycles. The summed E-state index contributed by atoms with van der Waals surface area (Å²) in [6.07, 6.45) is 8.91. The standard InChI is InChI=1S/C12H27NS/c1-5-6-7-8-11(2)13-10-9-12(3)14-4/h11-13H,5-10H2,1-4H3. The quantitative estimate of drug-likeness (QED) is 0.591. The maximum Gasteiger partial charge on any atom is 0.00387 e. The van der Waals surface area contributed by atoms with E-state index in [0.717, 1.165) is 5.25 Å². The average Bonchev–Trinajstić information content (AvgIpc) is 2.18. The van der Waals surface area contributed by atoms with Gasteiger partial charge in [-0.3, -0.25) is 0 Å². The van der Waals surface area contributed by atoms with Gasteiger partial charge < -0.3 is 5.32 Å². The van der Waals surface area contributed by atoms with E-state index in [9.17, 15) is 0 Å². The summed E-state index contributed by atoms with van der Waals surface area (Å²) in [5, 5.41) is 4.39. The molecule has 0 aromatic carbocycles. The Morgan fingerprint density at radius 3 is 2.43 bits per heavy atom. The Bertz CT molecular complexity index is 117. The minimum Gasteiger partial charge on any atom is -0.314 e. The van der Waals surface area contributed by atoms with Gasteiger partial charge in [0, 0.05) is 11.3 Å². The minimum atomic E-state index is 0.704. The molecule has 0 spiro atoms. The van der Waals surface area contributed by atoms with E-state index >= 15 is 0 Å². The zero-order valence-electron chi connectivity index (χ0n) is 10.3. The molecule has 0 aromatic heterocycles. The molecule has 0 aliphatic carbocycles. The Morgan fingerprint density at radius 2 is 1.86 bits per heavy atom. The molecule has 0 fully saturated rings. The first kappa shape index (κ1) is 14.3. The summed E-state index contributed by atoms with van der Waals surface area (Å²) in [6.45, 7) is 8.04. The number of nitrogens with one attached hydrogen (secondary N) is 1. The molecular formula is C12H27NS. The SMILES string of the molecule is CCCCCC(C)NCCC(C)SC. The van der Waals surface area contributed by atoms with Gasteiger partial charge in [0.05, 0.1) is 0 Å². The van der Waals surface area contributed by atoms with Gasteiger partial charge in [-0.1, -0.05) is 33.1 Å². The fourth-order valence-corrected chi connectivity index (χ4v) is 1.81. The first-order valence-corrected chi connectivity index (χ1v) is 7.25. The molecule has 0 radical (unpaired) electrons. The molecule has 2 atom stereocenters. The van der Waals surface area contributed by atoms with Gasteiger partial charge in [-0.15, -0.1) is 0 Å². The van der Waals surface area contributed by atoms with Crippen LogP contribution in [0.4, 0.5) is 0 Å². The smallest absolute Gasteiger partial charge is 0.00387 e. The molecule has 0 saturated carbocycles. The van der Waals surface area contributed by atoms with E-state index in [1.165, 1.54) is 38.6 Å². The largest absolute Gasteiger partial charge is 0.314 e. The van der Waals surface area contributed by atoms with Crippen molar-refractivity contribution in [3.05, 3.63) is 0 Å². The lowest BCUT2D eigenvalue weighted by atomic mass is 10.1. The Hall–Kier alpha value is 0.310. The molecule has 0 heterocycles. The van der Waals surface area contributed by atoms with Crippen molar-refractivity contribution in [2.75, 3.05) is 12.8 Å². The number of unbranched alkanes of at least 4 members (excludes halogenated alkanes) is 2. The highest BCUT2D eigenvalue weighted by molar-refractivity contribution is 7.99. The maximum absolute atomic E-state index is 3.59. The Labute approximate surface area is 94.4 Å². The summed E-state index contributed by atoms with van der Waals surface area (Å²) in [4.78, 5) is 0. The fraction of sp³-hybridized carbons (Fsp3) is 1.00. The fourth-order valence-electron chi connectivity index (χ4n) is 1.45. The van der Waals surface area contributed by atoms with E-state index in [2.05, 4.69) is 32.3 Å². The summed E-state index contributed by atoms with van der Waals surface area (Å²) in [5.41, 5.74) is 0. The molecule has 1 nitrogen and oxygen atoms in total. The second kappa shape index (κ2) is 9.85. The van der Waals surface area contributed by atoms with Crippen molar-refractivity contribution >= 4 is 11.8 Å². The van der Waals surface area contributed by atoms with Crippen molar-refractivity contribution in [2.45, 2.75) is 64.2 Å². The van der Waals surface area contributed by atoms with Crippen LogP contribution >= 0.6 is 11.8 Å². The summed E-state index contributed by atoms with van der Waals surface area (Å²) in [5.74, 6) is 0. The van der Waals surface area contributed by atoms with E-state index in [-0.39, 0.29) is 0 Å². The van der Waals surface area contributed by atoms with Crippen LogP contribution in [0, 0.1) is 0 Å². The second-order valence-corrected chi connectivity index (χ2v) is 5.46. The van der Waals surface area contributed by atoms with Crippen molar-refractivity contribution < 1.29 is 0 Å². The summed E-state index contributed by atoms with van der Waals surface area (Å²) >= 11 is 1.96. The third-order valence-electron chi connectivity index (χ3n) is 2.69. The number of hydrogen-bond acceptors (Lipinski definition) is 2. The predicted octanol–water partition coefficient (Wildman–Crippen LogP) is 3.69. The van der Waals surface area contributed by atoms with Crippen LogP contribution in [0.15, 0.2) is 0 Å².